The Kier molecular flexibility index (Phi) is 7.40. The summed E-state index contributed by atoms with van der Waals surface area (Å²) < 4.78 is 5.03. The Morgan fingerprint density at radius 2 is 1.91 bits per heavy atom. The van der Waals surface area contributed by atoms with E-state index >= 15 is 0 Å². The summed E-state index contributed by atoms with van der Waals surface area (Å²) in [5.74, 6) is 0. The molecule has 0 radical (unpaired) electrons. The summed E-state index contributed by atoms with van der Waals surface area (Å²) in [6.45, 7) is 2.76. The Hall–Kier alpha value is 1.19. The topological polar surface area (TPSA) is 9.23 Å². The van der Waals surface area contributed by atoms with Gasteiger partial charge in [0.2, 0.25) is 4.97 Å². The third-order valence-electron chi connectivity index (χ3n) is 1.24. The molecule has 0 heterocycles. The molecule has 0 aliphatic heterocycles. The van der Waals surface area contributed by atoms with Crippen LogP contribution in [-0.2, 0) is 16.3 Å². The predicted octanol–water partition coefficient (Wildman–Crippen LogP) is 4.29. The molecule has 0 aromatic rings. The minimum atomic E-state index is -2.44. The van der Waals surface area contributed by atoms with Crippen molar-refractivity contribution in [1.29, 1.82) is 0 Å². The molecule has 1 nitrogen and oxygen atoms in total. The molecule has 0 spiro atoms. The van der Waals surface area contributed by atoms with Crippen LogP contribution in [0, 0.1) is 0 Å². The van der Waals surface area contributed by atoms with Crippen molar-refractivity contribution < 1.29 is 4.52 Å². The van der Waals surface area contributed by atoms with Crippen LogP contribution in [-0.4, -0.2) is 6.61 Å². The number of rotatable bonds is 6. The fourth-order valence-corrected chi connectivity index (χ4v) is 1.68. The van der Waals surface area contributed by atoms with Gasteiger partial charge in [0, 0.05) is 0 Å². The zero-order chi connectivity index (χ0) is 8.74. The summed E-state index contributed by atoms with van der Waals surface area (Å²) in [6.07, 6.45) is 4.62. The van der Waals surface area contributed by atoms with E-state index in [9.17, 15) is 0 Å². The van der Waals surface area contributed by atoms with E-state index in [4.69, 9.17) is 27.0 Å². The summed E-state index contributed by atoms with van der Waals surface area (Å²) >= 11 is 15.7. The van der Waals surface area contributed by atoms with Gasteiger partial charge in [-0.1, -0.05) is 26.2 Å². The summed E-state index contributed by atoms with van der Waals surface area (Å²) in [4.78, 5) is -2.44. The molecule has 0 rings (SSSR count). The SMILES string of the molecule is CCCCCCOP(=S)(Cl)Cl. The molecule has 11 heavy (non-hydrogen) atoms. The van der Waals surface area contributed by atoms with Crippen molar-refractivity contribution in [1.82, 2.24) is 0 Å². The fourth-order valence-electron chi connectivity index (χ4n) is 0.700. The van der Waals surface area contributed by atoms with Crippen LogP contribution in [0.25, 0.3) is 0 Å². The van der Waals surface area contributed by atoms with Crippen LogP contribution in [0.15, 0.2) is 0 Å². The third kappa shape index (κ3) is 11.2. The molecular weight excluding hydrogens is 222 g/mol. The van der Waals surface area contributed by atoms with Crippen molar-refractivity contribution in [2.24, 2.45) is 0 Å². The van der Waals surface area contributed by atoms with Crippen LogP contribution in [0.1, 0.15) is 32.6 Å². The maximum Gasteiger partial charge on any atom is 0.240 e. The largest absolute Gasteiger partial charge is 0.327 e. The fraction of sp³-hybridized carbons (Fsp3) is 1.00. The number of unbranched alkanes of at least 4 members (excludes halogenated alkanes) is 3. The van der Waals surface area contributed by atoms with Gasteiger partial charge < -0.3 is 4.52 Å². The van der Waals surface area contributed by atoms with Crippen molar-refractivity contribution in [2.75, 3.05) is 6.61 Å². The quantitative estimate of drug-likeness (QED) is 0.501. The Bertz CT molecular complexity index is 137. The second-order valence-corrected chi connectivity index (χ2v) is 9.52. The number of hydrogen-bond donors (Lipinski definition) is 0. The third-order valence-corrected chi connectivity index (χ3v) is 2.62. The van der Waals surface area contributed by atoms with Crippen LogP contribution in [0.4, 0.5) is 0 Å². The van der Waals surface area contributed by atoms with Gasteiger partial charge in [-0.3, -0.25) is 0 Å². The Balaban J connectivity index is 3.09. The lowest BCUT2D eigenvalue weighted by Crippen LogP contribution is -1.86. The van der Waals surface area contributed by atoms with E-state index in [1.165, 1.54) is 19.3 Å². The maximum absolute atomic E-state index is 5.52. The molecule has 0 atom stereocenters. The van der Waals surface area contributed by atoms with Gasteiger partial charge >= 0.3 is 0 Å². The summed E-state index contributed by atoms with van der Waals surface area (Å²) in [5.41, 5.74) is 0. The van der Waals surface area contributed by atoms with Gasteiger partial charge in [-0.05, 0) is 40.7 Å². The first-order valence-corrected chi connectivity index (χ1v) is 8.23. The van der Waals surface area contributed by atoms with E-state index < -0.39 is 4.97 Å². The molecule has 5 heteroatoms. The molecule has 0 aliphatic rings. The molecule has 0 aromatic carbocycles. The van der Waals surface area contributed by atoms with E-state index in [0.29, 0.717) is 6.61 Å². The van der Waals surface area contributed by atoms with Crippen LogP contribution in [0.3, 0.4) is 0 Å². The van der Waals surface area contributed by atoms with E-state index in [1.54, 1.807) is 0 Å². The Morgan fingerprint density at radius 1 is 1.27 bits per heavy atom. The van der Waals surface area contributed by atoms with Crippen molar-refractivity contribution in [3.63, 3.8) is 0 Å². The first-order chi connectivity index (χ1) is 5.06. The predicted molar refractivity (Wildman–Crippen MR) is 56.1 cm³/mol. The minimum Gasteiger partial charge on any atom is -0.327 e. The molecule has 0 fully saturated rings. The maximum atomic E-state index is 5.52. The molecule has 0 bridgehead atoms. The molecule has 0 saturated heterocycles. The lowest BCUT2D eigenvalue weighted by molar-refractivity contribution is 0.347. The molecule has 0 aliphatic carbocycles. The second-order valence-electron chi connectivity index (χ2n) is 2.31. The molecule has 0 unspecified atom stereocenters. The highest BCUT2D eigenvalue weighted by atomic mass is 35.9. The van der Waals surface area contributed by atoms with Gasteiger partial charge in [-0.2, -0.15) is 0 Å². The van der Waals surface area contributed by atoms with Crippen LogP contribution < -0.4 is 0 Å². The van der Waals surface area contributed by atoms with Crippen molar-refractivity contribution in [3.8, 4) is 0 Å². The second kappa shape index (κ2) is 6.68. The molecule has 0 amide bonds. The van der Waals surface area contributed by atoms with E-state index in [1.807, 2.05) is 0 Å². The first-order valence-electron chi connectivity index (χ1n) is 3.70. The summed E-state index contributed by atoms with van der Waals surface area (Å²) in [7, 11) is 0. The summed E-state index contributed by atoms with van der Waals surface area (Å²) in [6, 6.07) is 0. The van der Waals surface area contributed by atoms with Crippen LogP contribution in [0.5, 0.6) is 0 Å². The molecule has 0 saturated carbocycles. The van der Waals surface area contributed by atoms with Crippen molar-refractivity contribution in [3.05, 3.63) is 0 Å². The average molecular weight is 235 g/mol. The van der Waals surface area contributed by atoms with E-state index in [2.05, 4.69) is 18.7 Å². The lowest BCUT2D eigenvalue weighted by atomic mass is 10.2. The average Bonchev–Trinajstić information content (AvgIpc) is 1.85. The number of hydrogen-bond acceptors (Lipinski definition) is 2. The first kappa shape index (κ1) is 12.2. The highest BCUT2D eigenvalue weighted by Crippen LogP contribution is 2.58. The minimum absolute atomic E-state index is 0.601. The van der Waals surface area contributed by atoms with Crippen LogP contribution in [0.2, 0.25) is 0 Å². The lowest BCUT2D eigenvalue weighted by Gasteiger charge is -2.05. The van der Waals surface area contributed by atoms with E-state index in [-0.39, 0.29) is 0 Å². The van der Waals surface area contributed by atoms with Gasteiger partial charge in [0.05, 0.1) is 6.61 Å². The monoisotopic (exact) mass is 234 g/mol. The summed E-state index contributed by atoms with van der Waals surface area (Å²) in [5, 5.41) is 0. The van der Waals surface area contributed by atoms with Crippen molar-refractivity contribution >= 4 is 39.3 Å². The van der Waals surface area contributed by atoms with Gasteiger partial charge in [-0.15, -0.1) is 0 Å². The van der Waals surface area contributed by atoms with Crippen LogP contribution >= 0.6 is 27.5 Å². The van der Waals surface area contributed by atoms with Gasteiger partial charge in [0.25, 0.3) is 0 Å². The van der Waals surface area contributed by atoms with Gasteiger partial charge in [-0.25, -0.2) is 0 Å². The Morgan fingerprint density at radius 3 is 2.36 bits per heavy atom. The zero-order valence-corrected chi connectivity index (χ0v) is 9.78. The van der Waals surface area contributed by atoms with Gasteiger partial charge in [0.15, 0.2) is 0 Å². The van der Waals surface area contributed by atoms with Gasteiger partial charge in [0.1, 0.15) is 0 Å². The zero-order valence-electron chi connectivity index (χ0n) is 6.56. The van der Waals surface area contributed by atoms with Crippen molar-refractivity contribution in [2.45, 2.75) is 32.6 Å². The smallest absolute Gasteiger partial charge is 0.240 e. The Labute approximate surface area is 83.1 Å². The molecular formula is C6H13Cl2OPS. The molecule has 68 valence electrons. The molecule has 0 aromatic heterocycles. The highest BCUT2D eigenvalue weighted by Gasteiger charge is 2.06. The molecule has 0 N–H and O–H groups in total. The van der Waals surface area contributed by atoms with E-state index in [0.717, 1.165) is 6.42 Å². The highest BCUT2D eigenvalue weighted by molar-refractivity contribution is 8.36. The normalized spacial score (nSPS) is 11.9. The number of halogens is 2. The standard InChI is InChI=1S/C6H13Cl2OPS/c1-2-3-4-5-6-9-10(7,8)11/h2-6H2,1H3.